The summed E-state index contributed by atoms with van der Waals surface area (Å²) in [7, 11) is 0. The summed E-state index contributed by atoms with van der Waals surface area (Å²) in [6, 6.07) is 11.3. The molecule has 0 saturated heterocycles. The van der Waals surface area contributed by atoms with E-state index in [4.69, 9.17) is 5.26 Å². The molecule has 0 fully saturated rings. The van der Waals surface area contributed by atoms with Crippen LogP contribution in [0.4, 0.5) is 5.69 Å². The lowest BCUT2D eigenvalue weighted by atomic mass is 10.1. The number of hydrogen-bond donors (Lipinski definition) is 1. The van der Waals surface area contributed by atoms with E-state index in [1.165, 1.54) is 0 Å². The van der Waals surface area contributed by atoms with Crippen LogP contribution in [-0.2, 0) is 6.42 Å². The maximum absolute atomic E-state index is 12.7. The van der Waals surface area contributed by atoms with Gasteiger partial charge in [0.1, 0.15) is 0 Å². The average Bonchev–Trinajstić information content (AvgIpc) is 3.00. The summed E-state index contributed by atoms with van der Waals surface area (Å²) < 4.78 is 1.82. The molecule has 2 heterocycles. The topological polar surface area (TPSA) is 83.6 Å². The van der Waals surface area contributed by atoms with Crippen molar-refractivity contribution >= 4 is 22.6 Å². The molecule has 2 aromatic heterocycles. The molecule has 0 bridgehead atoms. The van der Waals surface area contributed by atoms with Gasteiger partial charge in [-0.15, -0.1) is 0 Å². The van der Waals surface area contributed by atoms with E-state index in [9.17, 15) is 4.79 Å². The van der Waals surface area contributed by atoms with Crippen molar-refractivity contribution in [2.75, 3.05) is 5.32 Å². The van der Waals surface area contributed by atoms with E-state index in [-0.39, 0.29) is 11.9 Å². The Bertz CT molecular complexity index is 964. The number of anilines is 1. The number of amides is 1. The van der Waals surface area contributed by atoms with Crippen molar-refractivity contribution in [3.05, 3.63) is 53.3 Å². The lowest BCUT2D eigenvalue weighted by Crippen LogP contribution is -2.13. The Labute approximate surface area is 146 Å². The molecule has 0 saturated carbocycles. The fourth-order valence-corrected chi connectivity index (χ4v) is 2.70. The number of hydrogen-bond acceptors (Lipinski definition) is 4. The number of pyridine rings is 1. The van der Waals surface area contributed by atoms with Gasteiger partial charge < -0.3 is 5.32 Å². The molecule has 6 nitrogen and oxygen atoms in total. The molecule has 3 aromatic rings. The highest BCUT2D eigenvalue weighted by Crippen LogP contribution is 2.22. The summed E-state index contributed by atoms with van der Waals surface area (Å²) in [6.45, 7) is 5.92. The smallest absolute Gasteiger partial charge is 0.256 e. The van der Waals surface area contributed by atoms with Crippen LogP contribution in [-0.4, -0.2) is 20.7 Å². The van der Waals surface area contributed by atoms with Gasteiger partial charge in [-0.2, -0.15) is 10.4 Å². The SMILES string of the molecule is Cc1cc(C(=O)Nc2ccc(CC#N)cc2)c2cnn(C(C)C)c2n1. The standard InChI is InChI=1S/C19H19N5O/c1-12(2)24-18-17(11-21-24)16(10-13(3)22-18)19(25)23-15-6-4-14(5-7-15)8-9-20/h4-7,10-12H,8H2,1-3H3,(H,23,25). The molecular weight excluding hydrogens is 314 g/mol. The molecule has 0 atom stereocenters. The van der Waals surface area contributed by atoms with Gasteiger partial charge >= 0.3 is 0 Å². The first kappa shape index (κ1) is 16.7. The van der Waals surface area contributed by atoms with Crippen LogP contribution in [0.3, 0.4) is 0 Å². The van der Waals surface area contributed by atoms with Gasteiger partial charge in [-0.05, 0) is 44.5 Å². The van der Waals surface area contributed by atoms with Gasteiger partial charge in [-0.1, -0.05) is 12.1 Å². The largest absolute Gasteiger partial charge is 0.322 e. The van der Waals surface area contributed by atoms with Gasteiger partial charge in [-0.3, -0.25) is 4.79 Å². The fraction of sp³-hybridized carbons (Fsp3) is 0.263. The maximum Gasteiger partial charge on any atom is 0.256 e. The average molecular weight is 333 g/mol. The number of nitrogens with zero attached hydrogens (tertiary/aromatic N) is 4. The summed E-state index contributed by atoms with van der Waals surface area (Å²) in [6.07, 6.45) is 2.04. The Morgan fingerprint density at radius 1 is 1.32 bits per heavy atom. The number of fused-ring (bicyclic) bond motifs is 1. The molecule has 0 radical (unpaired) electrons. The van der Waals surface area contributed by atoms with Gasteiger partial charge in [0.05, 0.1) is 29.6 Å². The summed E-state index contributed by atoms with van der Waals surface area (Å²) in [5.74, 6) is -0.202. The zero-order valence-electron chi connectivity index (χ0n) is 14.4. The van der Waals surface area contributed by atoms with Crippen molar-refractivity contribution < 1.29 is 4.79 Å². The number of nitrogens with one attached hydrogen (secondary N) is 1. The second-order valence-corrected chi connectivity index (χ2v) is 6.22. The van der Waals surface area contributed by atoms with Gasteiger partial charge in [0.25, 0.3) is 5.91 Å². The molecular formula is C19H19N5O. The first-order chi connectivity index (χ1) is 12.0. The molecule has 0 aliphatic rings. The predicted octanol–water partition coefficient (Wildman–Crippen LogP) is 3.64. The highest BCUT2D eigenvalue weighted by molar-refractivity contribution is 6.12. The second kappa shape index (κ2) is 6.73. The van der Waals surface area contributed by atoms with Gasteiger partial charge in [0.2, 0.25) is 0 Å². The Kier molecular flexibility index (Phi) is 4.48. The van der Waals surface area contributed by atoms with Crippen LogP contribution in [0.2, 0.25) is 0 Å². The molecule has 0 aliphatic carbocycles. The summed E-state index contributed by atoms with van der Waals surface area (Å²) in [4.78, 5) is 17.3. The van der Waals surface area contributed by atoms with Crippen LogP contribution in [0.25, 0.3) is 11.0 Å². The zero-order valence-corrected chi connectivity index (χ0v) is 14.4. The first-order valence-electron chi connectivity index (χ1n) is 8.11. The second-order valence-electron chi connectivity index (χ2n) is 6.22. The summed E-state index contributed by atoms with van der Waals surface area (Å²) >= 11 is 0. The van der Waals surface area contributed by atoms with Gasteiger partial charge in [0.15, 0.2) is 5.65 Å². The maximum atomic E-state index is 12.7. The van der Waals surface area contributed by atoms with E-state index in [1.807, 2.05) is 37.6 Å². The van der Waals surface area contributed by atoms with Crippen LogP contribution >= 0.6 is 0 Å². The molecule has 0 unspecified atom stereocenters. The van der Waals surface area contributed by atoms with Gasteiger partial charge in [0, 0.05) is 17.4 Å². The Hall–Kier alpha value is -3.20. The van der Waals surface area contributed by atoms with Crippen LogP contribution in [0.5, 0.6) is 0 Å². The predicted molar refractivity (Wildman–Crippen MR) is 96.4 cm³/mol. The summed E-state index contributed by atoms with van der Waals surface area (Å²) in [5, 5.41) is 16.7. The van der Waals surface area contributed by atoms with E-state index >= 15 is 0 Å². The van der Waals surface area contributed by atoms with Crippen LogP contribution in [0.15, 0.2) is 36.5 Å². The number of aryl methyl sites for hydroxylation is 1. The van der Waals surface area contributed by atoms with Crippen molar-refractivity contribution in [2.45, 2.75) is 33.2 Å². The van der Waals surface area contributed by atoms with Crippen molar-refractivity contribution in [1.29, 1.82) is 5.26 Å². The minimum atomic E-state index is -0.202. The third-order valence-electron chi connectivity index (χ3n) is 3.92. The highest BCUT2D eigenvalue weighted by atomic mass is 16.1. The van der Waals surface area contributed by atoms with Crippen molar-refractivity contribution in [3.63, 3.8) is 0 Å². The molecule has 126 valence electrons. The highest BCUT2D eigenvalue weighted by Gasteiger charge is 2.17. The van der Waals surface area contributed by atoms with E-state index in [0.717, 1.165) is 16.6 Å². The third kappa shape index (κ3) is 3.36. The minimum Gasteiger partial charge on any atom is -0.322 e. The molecule has 25 heavy (non-hydrogen) atoms. The molecule has 3 rings (SSSR count). The fourth-order valence-electron chi connectivity index (χ4n) is 2.70. The van der Waals surface area contributed by atoms with Crippen LogP contribution < -0.4 is 5.32 Å². The number of carbonyl (C=O) groups is 1. The van der Waals surface area contributed by atoms with E-state index < -0.39 is 0 Å². The van der Waals surface area contributed by atoms with E-state index in [1.54, 1.807) is 24.4 Å². The normalized spacial score (nSPS) is 10.8. The molecule has 0 spiro atoms. The minimum absolute atomic E-state index is 0.162. The van der Waals surface area contributed by atoms with Crippen LogP contribution in [0, 0.1) is 18.3 Å². The molecule has 1 aromatic carbocycles. The van der Waals surface area contributed by atoms with Crippen molar-refractivity contribution in [3.8, 4) is 6.07 Å². The lowest BCUT2D eigenvalue weighted by molar-refractivity contribution is 0.102. The van der Waals surface area contributed by atoms with Crippen LogP contribution in [0.1, 0.15) is 41.5 Å². The number of carbonyl (C=O) groups excluding carboxylic acids is 1. The molecule has 1 amide bonds. The summed E-state index contributed by atoms with van der Waals surface area (Å²) in [5.41, 5.74) is 3.64. The Morgan fingerprint density at radius 2 is 2.04 bits per heavy atom. The monoisotopic (exact) mass is 333 g/mol. The van der Waals surface area contributed by atoms with Gasteiger partial charge in [-0.25, -0.2) is 9.67 Å². The Morgan fingerprint density at radius 3 is 2.68 bits per heavy atom. The number of nitriles is 1. The quantitative estimate of drug-likeness (QED) is 0.790. The zero-order chi connectivity index (χ0) is 18.0. The number of benzene rings is 1. The van der Waals surface area contributed by atoms with E-state index in [2.05, 4.69) is 21.5 Å². The van der Waals surface area contributed by atoms with Crippen molar-refractivity contribution in [1.82, 2.24) is 14.8 Å². The number of rotatable bonds is 4. The number of aromatic nitrogens is 3. The first-order valence-corrected chi connectivity index (χ1v) is 8.11. The molecule has 6 heteroatoms. The molecule has 0 aliphatic heterocycles. The van der Waals surface area contributed by atoms with Crippen molar-refractivity contribution in [2.24, 2.45) is 0 Å². The van der Waals surface area contributed by atoms with E-state index in [0.29, 0.717) is 23.3 Å². The lowest BCUT2D eigenvalue weighted by Gasteiger charge is -2.10. The Balaban J connectivity index is 1.93. The molecule has 1 N–H and O–H groups in total. The third-order valence-corrected chi connectivity index (χ3v) is 3.92.